The summed E-state index contributed by atoms with van der Waals surface area (Å²) < 4.78 is 38.8. The Kier molecular flexibility index (Phi) is 18.2. The first-order valence-corrected chi connectivity index (χ1v) is 16.1. The smallest absolute Gasteiger partial charge is 0.311 e. The van der Waals surface area contributed by atoms with Gasteiger partial charge in [-0.15, -0.1) is 0 Å². The molecule has 1 aromatic rings. The van der Waals surface area contributed by atoms with Crippen LogP contribution in [0.4, 0.5) is 0 Å². The third-order valence-corrected chi connectivity index (χ3v) is 8.00. The van der Waals surface area contributed by atoms with Gasteiger partial charge in [-0.05, 0) is 37.1 Å². The van der Waals surface area contributed by atoms with Gasteiger partial charge in [0.05, 0.1) is 0 Å². The highest BCUT2D eigenvalue weighted by Gasteiger charge is 2.31. The van der Waals surface area contributed by atoms with Crippen LogP contribution in [-0.2, 0) is 14.9 Å². The van der Waals surface area contributed by atoms with E-state index in [0.717, 1.165) is 38.5 Å². The third-order valence-electron chi connectivity index (χ3n) is 6.83. The minimum atomic E-state index is -4.50. The summed E-state index contributed by atoms with van der Waals surface area (Å²) in [5.41, 5.74) is 0.181. The summed E-state index contributed by atoms with van der Waals surface area (Å²) in [6.07, 6.45) is 19.3. The maximum atomic E-state index is 12.8. The van der Waals surface area contributed by atoms with E-state index in [1.807, 2.05) is 0 Å². The number of ether oxygens (including phenoxy) is 1. The number of esters is 1. The summed E-state index contributed by atoms with van der Waals surface area (Å²) in [6.45, 7) is 4.39. The first-order valence-electron chi connectivity index (χ1n) is 14.6. The van der Waals surface area contributed by atoms with Crippen LogP contribution in [0.15, 0.2) is 24.3 Å². The molecular weight excluding hydrogens is 488 g/mol. The number of Topliss-reactive ketones (excluding diaryl/α,β-unsaturated/α-hetero) is 1. The van der Waals surface area contributed by atoms with E-state index in [1.165, 1.54) is 88.5 Å². The Morgan fingerprint density at radius 2 is 1.14 bits per heavy atom. The molecule has 0 aromatic heterocycles. The molecule has 37 heavy (non-hydrogen) atoms. The topological polar surface area (TPSA) is 97.7 Å². The molecule has 1 aromatic carbocycles. The molecule has 0 heterocycles. The zero-order chi connectivity index (χ0) is 27.4. The number of hydrogen-bond acceptors (Lipinski definition) is 5. The molecule has 1 N–H and O–H groups in total. The molecule has 0 saturated carbocycles. The van der Waals surface area contributed by atoms with E-state index < -0.39 is 21.2 Å². The van der Waals surface area contributed by atoms with Crippen molar-refractivity contribution in [3.8, 4) is 5.75 Å². The molecule has 1 atom stereocenters. The van der Waals surface area contributed by atoms with E-state index >= 15 is 0 Å². The lowest BCUT2D eigenvalue weighted by Gasteiger charge is -2.13. The summed E-state index contributed by atoms with van der Waals surface area (Å²) in [5.74, 6) is -0.616. The number of carbonyl (C=O) groups excluding carboxylic acids is 2. The van der Waals surface area contributed by atoms with E-state index in [1.54, 1.807) is 0 Å². The van der Waals surface area contributed by atoms with Gasteiger partial charge < -0.3 is 4.74 Å². The van der Waals surface area contributed by atoms with E-state index in [-0.39, 0.29) is 18.0 Å². The van der Waals surface area contributed by atoms with Crippen molar-refractivity contribution in [3.63, 3.8) is 0 Å². The van der Waals surface area contributed by atoms with Gasteiger partial charge >= 0.3 is 5.97 Å². The molecule has 0 aliphatic heterocycles. The molecule has 0 fully saturated rings. The SMILES string of the molecule is CCCCCCCCCCCC(=O)Oc1ccc(C(=O)C(CCCCCCCCCC)S(=O)(=O)O)cc1. The Balaban J connectivity index is 2.40. The first kappa shape index (κ1) is 33.3. The molecule has 212 valence electrons. The number of rotatable bonds is 23. The van der Waals surface area contributed by atoms with E-state index in [9.17, 15) is 22.6 Å². The maximum absolute atomic E-state index is 12.8. The third kappa shape index (κ3) is 16.0. The van der Waals surface area contributed by atoms with Crippen molar-refractivity contribution >= 4 is 21.9 Å². The zero-order valence-corrected chi connectivity index (χ0v) is 24.0. The lowest BCUT2D eigenvalue weighted by Crippen LogP contribution is -2.30. The van der Waals surface area contributed by atoms with Gasteiger partial charge in [-0.3, -0.25) is 14.1 Å². The lowest BCUT2D eigenvalue weighted by molar-refractivity contribution is -0.134. The fourth-order valence-electron chi connectivity index (χ4n) is 4.51. The fraction of sp³-hybridized carbons (Fsp3) is 0.733. The lowest BCUT2D eigenvalue weighted by atomic mass is 10.0. The molecule has 0 amide bonds. The van der Waals surface area contributed by atoms with Gasteiger partial charge in [-0.1, -0.05) is 117 Å². The van der Waals surface area contributed by atoms with Gasteiger partial charge in [0.2, 0.25) is 0 Å². The van der Waals surface area contributed by atoms with Gasteiger partial charge in [0.25, 0.3) is 10.1 Å². The van der Waals surface area contributed by atoms with Gasteiger partial charge in [-0.2, -0.15) is 8.42 Å². The summed E-state index contributed by atoms with van der Waals surface area (Å²) in [7, 11) is -4.50. The van der Waals surface area contributed by atoms with Crippen LogP contribution in [0.1, 0.15) is 146 Å². The molecule has 0 spiro atoms. The molecular formula is C30H50O6S. The second-order valence-corrected chi connectivity index (χ2v) is 11.8. The highest BCUT2D eigenvalue weighted by molar-refractivity contribution is 7.87. The minimum Gasteiger partial charge on any atom is -0.427 e. The zero-order valence-electron chi connectivity index (χ0n) is 23.2. The molecule has 0 saturated heterocycles. The van der Waals surface area contributed by atoms with Crippen molar-refractivity contribution in [3.05, 3.63) is 29.8 Å². The predicted molar refractivity (Wildman–Crippen MR) is 151 cm³/mol. The highest BCUT2D eigenvalue weighted by atomic mass is 32.2. The predicted octanol–water partition coefficient (Wildman–Crippen LogP) is 8.48. The van der Waals surface area contributed by atoms with Crippen molar-refractivity contribution in [1.29, 1.82) is 0 Å². The Morgan fingerprint density at radius 3 is 1.59 bits per heavy atom. The van der Waals surface area contributed by atoms with Crippen LogP contribution in [0, 0.1) is 0 Å². The van der Waals surface area contributed by atoms with Gasteiger partial charge in [-0.25, -0.2) is 0 Å². The Hall–Kier alpha value is -1.73. The number of unbranched alkanes of at least 4 members (excludes halogenated alkanes) is 15. The van der Waals surface area contributed by atoms with Crippen molar-refractivity contribution in [2.45, 2.75) is 141 Å². The monoisotopic (exact) mass is 538 g/mol. The van der Waals surface area contributed by atoms with Crippen LogP contribution in [0.3, 0.4) is 0 Å². The summed E-state index contributed by atoms with van der Waals surface area (Å²) in [5, 5.41) is -1.47. The van der Waals surface area contributed by atoms with Crippen LogP contribution >= 0.6 is 0 Å². The second-order valence-electron chi connectivity index (χ2n) is 10.2. The second kappa shape index (κ2) is 20.3. The van der Waals surface area contributed by atoms with E-state index in [0.29, 0.717) is 18.6 Å². The Bertz CT molecular complexity index is 847. The van der Waals surface area contributed by atoms with Crippen LogP contribution < -0.4 is 4.74 Å². The Labute approximate surface area is 225 Å². The van der Waals surface area contributed by atoms with Crippen molar-refractivity contribution in [2.24, 2.45) is 0 Å². The van der Waals surface area contributed by atoms with Crippen LogP contribution in [0.25, 0.3) is 0 Å². The van der Waals surface area contributed by atoms with Crippen LogP contribution in [0.5, 0.6) is 5.75 Å². The molecule has 0 aliphatic rings. The number of hydrogen-bond donors (Lipinski definition) is 1. The summed E-state index contributed by atoms with van der Waals surface area (Å²) in [4.78, 5) is 24.9. The van der Waals surface area contributed by atoms with E-state index in [4.69, 9.17) is 4.74 Å². The van der Waals surface area contributed by atoms with Gasteiger partial charge in [0.1, 0.15) is 11.0 Å². The molecule has 0 radical (unpaired) electrons. The molecule has 0 bridgehead atoms. The molecule has 7 heteroatoms. The molecule has 1 unspecified atom stereocenters. The van der Waals surface area contributed by atoms with Crippen molar-refractivity contribution in [2.75, 3.05) is 0 Å². The van der Waals surface area contributed by atoms with Crippen molar-refractivity contribution < 1.29 is 27.3 Å². The average Bonchev–Trinajstić information content (AvgIpc) is 2.86. The van der Waals surface area contributed by atoms with Gasteiger partial charge in [0.15, 0.2) is 5.78 Å². The molecule has 1 rings (SSSR count). The summed E-state index contributed by atoms with van der Waals surface area (Å²) >= 11 is 0. The van der Waals surface area contributed by atoms with Crippen molar-refractivity contribution in [1.82, 2.24) is 0 Å². The number of carbonyl (C=O) groups is 2. The highest BCUT2D eigenvalue weighted by Crippen LogP contribution is 2.20. The normalized spacial score (nSPS) is 12.4. The fourth-order valence-corrected chi connectivity index (χ4v) is 5.39. The average molecular weight is 539 g/mol. The van der Waals surface area contributed by atoms with Crippen LogP contribution in [-0.4, -0.2) is 30.0 Å². The quantitative estimate of drug-likeness (QED) is 0.0493. The maximum Gasteiger partial charge on any atom is 0.311 e. The standard InChI is InChI=1S/C30H50O6S/c1-3-5-7-9-11-13-15-17-19-21-29(31)36-27-24-22-26(23-25-27)30(32)28(37(33,34)35)20-18-16-14-12-10-8-6-4-2/h22-25,28H,3-21H2,1-2H3,(H,33,34,35). The first-order chi connectivity index (χ1) is 17.8. The number of benzene rings is 1. The molecule has 6 nitrogen and oxygen atoms in total. The number of ketones is 1. The molecule has 0 aliphatic carbocycles. The largest absolute Gasteiger partial charge is 0.427 e. The van der Waals surface area contributed by atoms with Gasteiger partial charge in [0, 0.05) is 12.0 Å². The van der Waals surface area contributed by atoms with Crippen LogP contribution in [0.2, 0.25) is 0 Å². The summed E-state index contributed by atoms with van der Waals surface area (Å²) in [6, 6.07) is 5.91. The Morgan fingerprint density at radius 1 is 0.703 bits per heavy atom. The van der Waals surface area contributed by atoms with E-state index in [2.05, 4.69) is 13.8 Å². The minimum absolute atomic E-state index is 0.0993.